The summed E-state index contributed by atoms with van der Waals surface area (Å²) in [5.74, 6) is 1.38. The van der Waals surface area contributed by atoms with E-state index in [9.17, 15) is 10.1 Å². The third-order valence-corrected chi connectivity index (χ3v) is 6.08. The SMILES string of the molecule is Cc1nnc(SCC(=O)N[C@](C)(C#N)C2CC2)n1C1CCCCC1. The maximum atomic E-state index is 12.3. The van der Waals surface area contributed by atoms with Crippen LogP contribution in [0.25, 0.3) is 0 Å². The maximum absolute atomic E-state index is 12.3. The highest BCUT2D eigenvalue weighted by atomic mass is 32.2. The normalized spacial score (nSPS) is 21.0. The first kappa shape index (κ1) is 17.3. The first-order valence-electron chi connectivity index (χ1n) is 8.80. The van der Waals surface area contributed by atoms with Gasteiger partial charge in [-0.3, -0.25) is 4.79 Å². The second-order valence-corrected chi connectivity index (χ2v) is 8.06. The van der Waals surface area contributed by atoms with Gasteiger partial charge in [0.05, 0.1) is 11.8 Å². The summed E-state index contributed by atoms with van der Waals surface area (Å²) < 4.78 is 2.20. The molecule has 6 nitrogen and oxygen atoms in total. The second kappa shape index (κ2) is 7.14. The van der Waals surface area contributed by atoms with Crippen LogP contribution in [0, 0.1) is 24.2 Å². The predicted molar refractivity (Wildman–Crippen MR) is 92.5 cm³/mol. The van der Waals surface area contributed by atoms with E-state index in [-0.39, 0.29) is 11.7 Å². The van der Waals surface area contributed by atoms with Gasteiger partial charge in [0.25, 0.3) is 0 Å². The lowest BCUT2D eigenvalue weighted by molar-refractivity contribution is -0.119. The first-order valence-corrected chi connectivity index (χ1v) is 9.78. The van der Waals surface area contributed by atoms with Gasteiger partial charge in [-0.1, -0.05) is 31.0 Å². The molecule has 1 N–H and O–H groups in total. The number of nitriles is 1. The van der Waals surface area contributed by atoms with Crippen LogP contribution in [0.15, 0.2) is 5.16 Å². The molecule has 1 amide bonds. The van der Waals surface area contributed by atoms with E-state index in [1.165, 1.54) is 31.0 Å². The van der Waals surface area contributed by atoms with Gasteiger partial charge < -0.3 is 9.88 Å². The van der Waals surface area contributed by atoms with Crippen molar-refractivity contribution in [1.29, 1.82) is 5.26 Å². The molecular weight excluding hydrogens is 322 g/mol. The van der Waals surface area contributed by atoms with Gasteiger partial charge in [-0.25, -0.2) is 0 Å². The van der Waals surface area contributed by atoms with Crippen LogP contribution in [0.3, 0.4) is 0 Å². The van der Waals surface area contributed by atoms with Crippen molar-refractivity contribution in [3.8, 4) is 6.07 Å². The van der Waals surface area contributed by atoms with Gasteiger partial charge in [0.2, 0.25) is 5.91 Å². The number of rotatable bonds is 6. The summed E-state index contributed by atoms with van der Waals surface area (Å²) >= 11 is 1.42. The fraction of sp³-hybridized carbons (Fsp3) is 0.765. The molecule has 0 aromatic carbocycles. The highest BCUT2D eigenvalue weighted by Crippen LogP contribution is 2.39. The van der Waals surface area contributed by atoms with Crippen molar-refractivity contribution in [2.24, 2.45) is 5.92 Å². The van der Waals surface area contributed by atoms with Crippen LogP contribution in [0.2, 0.25) is 0 Å². The third-order valence-electron chi connectivity index (χ3n) is 5.13. The fourth-order valence-electron chi connectivity index (χ4n) is 3.55. The molecule has 1 atom stereocenters. The van der Waals surface area contributed by atoms with E-state index in [1.807, 2.05) is 13.8 Å². The number of carbonyl (C=O) groups excluding carboxylic acids is 1. The highest BCUT2D eigenvalue weighted by molar-refractivity contribution is 7.99. The summed E-state index contributed by atoms with van der Waals surface area (Å²) in [7, 11) is 0. The van der Waals surface area contributed by atoms with Crippen LogP contribution in [-0.2, 0) is 4.79 Å². The number of nitrogens with one attached hydrogen (secondary N) is 1. The number of carbonyl (C=O) groups is 1. The molecule has 3 rings (SSSR count). The topological polar surface area (TPSA) is 83.6 Å². The Hall–Kier alpha value is -1.55. The van der Waals surface area contributed by atoms with Crippen molar-refractivity contribution in [3.05, 3.63) is 5.82 Å². The van der Waals surface area contributed by atoms with E-state index >= 15 is 0 Å². The van der Waals surface area contributed by atoms with Crippen molar-refractivity contribution in [3.63, 3.8) is 0 Å². The summed E-state index contributed by atoms with van der Waals surface area (Å²) in [6.45, 7) is 3.80. The molecule has 1 aromatic rings. The van der Waals surface area contributed by atoms with Crippen molar-refractivity contribution in [1.82, 2.24) is 20.1 Å². The molecule has 0 saturated heterocycles. The molecule has 7 heteroatoms. The van der Waals surface area contributed by atoms with Crippen LogP contribution in [-0.4, -0.2) is 32.0 Å². The number of hydrogen-bond donors (Lipinski definition) is 1. The monoisotopic (exact) mass is 347 g/mol. The lowest BCUT2D eigenvalue weighted by atomic mass is 9.95. The van der Waals surface area contributed by atoms with Crippen molar-refractivity contribution >= 4 is 17.7 Å². The molecule has 1 aromatic heterocycles. The zero-order valence-corrected chi connectivity index (χ0v) is 15.2. The molecule has 2 aliphatic rings. The number of hydrogen-bond acceptors (Lipinski definition) is 5. The Kier molecular flexibility index (Phi) is 5.14. The van der Waals surface area contributed by atoms with E-state index in [0.717, 1.165) is 36.7 Å². The van der Waals surface area contributed by atoms with Crippen LogP contribution in [0.1, 0.15) is 63.7 Å². The Balaban J connectivity index is 1.60. The molecule has 2 saturated carbocycles. The molecule has 1 heterocycles. The minimum Gasteiger partial charge on any atom is -0.337 e. The molecule has 2 fully saturated rings. The number of aryl methyl sites for hydroxylation is 1. The van der Waals surface area contributed by atoms with E-state index in [1.54, 1.807) is 0 Å². The first-order chi connectivity index (χ1) is 11.5. The van der Waals surface area contributed by atoms with Gasteiger partial charge in [0.1, 0.15) is 11.4 Å². The Morgan fingerprint density at radius 1 is 1.33 bits per heavy atom. The van der Waals surface area contributed by atoms with Crippen LogP contribution in [0.5, 0.6) is 0 Å². The van der Waals surface area contributed by atoms with E-state index in [0.29, 0.717) is 12.0 Å². The number of aromatic nitrogens is 3. The van der Waals surface area contributed by atoms with E-state index < -0.39 is 5.54 Å². The summed E-state index contributed by atoms with van der Waals surface area (Å²) in [6, 6.07) is 2.72. The summed E-state index contributed by atoms with van der Waals surface area (Å²) in [5.41, 5.74) is -0.732. The zero-order chi connectivity index (χ0) is 17.2. The number of amides is 1. The van der Waals surface area contributed by atoms with Crippen LogP contribution in [0.4, 0.5) is 0 Å². The Labute approximate surface area is 147 Å². The molecular formula is C17H25N5OS. The lowest BCUT2D eigenvalue weighted by Gasteiger charge is -2.25. The van der Waals surface area contributed by atoms with Gasteiger partial charge in [0, 0.05) is 6.04 Å². The summed E-state index contributed by atoms with van der Waals surface area (Å²) in [6.07, 6.45) is 8.15. The van der Waals surface area contributed by atoms with Crippen molar-refractivity contribution < 1.29 is 4.79 Å². The predicted octanol–water partition coefficient (Wildman–Crippen LogP) is 2.99. The average Bonchev–Trinajstić information content (AvgIpc) is 3.38. The van der Waals surface area contributed by atoms with Gasteiger partial charge in [-0.2, -0.15) is 5.26 Å². The molecule has 0 unspecified atom stereocenters. The van der Waals surface area contributed by atoms with Gasteiger partial charge >= 0.3 is 0 Å². The van der Waals surface area contributed by atoms with Gasteiger partial charge in [0.15, 0.2) is 5.16 Å². The summed E-state index contributed by atoms with van der Waals surface area (Å²) in [5, 5.41) is 21.5. The Morgan fingerprint density at radius 2 is 2.04 bits per heavy atom. The number of nitrogens with zero attached hydrogens (tertiary/aromatic N) is 4. The molecule has 130 valence electrons. The van der Waals surface area contributed by atoms with E-state index in [4.69, 9.17) is 0 Å². The molecule has 0 aliphatic heterocycles. The third kappa shape index (κ3) is 3.75. The van der Waals surface area contributed by atoms with E-state index in [2.05, 4.69) is 26.2 Å². The van der Waals surface area contributed by atoms with Crippen LogP contribution >= 0.6 is 11.8 Å². The van der Waals surface area contributed by atoms with Crippen LogP contribution < -0.4 is 5.32 Å². The molecule has 0 bridgehead atoms. The zero-order valence-electron chi connectivity index (χ0n) is 14.4. The second-order valence-electron chi connectivity index (χ2n) is 7.12. The largest absolute Gasteiger partial charge is 0.337 e. The average molecular weight is 347 g/mol. The van der Waals surface area contributed by atoms with Gasteiger partial charge in [-0.05, 0) is 45.4 Å². The molecule has 0 radical (unpaired) electrons. The van der Waals surface area contributed by atoms with Crippen molar-refractivity contribution in [2.45, 2.75) is 75.5 Å². The van der Waals surface area contributed by atoms with Gasteiger partial charge in [-0.15, -0.1) is 10.2 Å². The van der Waals surface area contributed by atoms with Crippen molar-refractivity contribution in [2.75, 3.05) is 5.75 Å². The maximum Gasteiger partial charge on any atom is 0.231 e. The minimum atomic E-state index is -0.732. The molecule has 24 heavy (non-hydrogen) atoms. The Morgan fingerprint density at radius 3 is 2.67 bits per heavy atom. The minimum absolute atomic E-state index is 0.105. The number of thioether (sulfide) groups is 1. The molecule has 0 spiro atoms. The lowest BCUT2D eigenvalue weighted by Crippen LogP contribution is -2.47. The highest BCUT2D eigenvalue weighted by Gasteiger charge is 2.43. The fourth-order valence-corrected chi connectivity index (χ4v) is 4.40. The standard InChI is InChI=1S/C17H25N5OS/c1-12-20-21-16(22(12)14-6-4-3-5-7-14)24-10-15(23)19-17(2,11-18)13-8-9-13/h13-14H,3-10H2,1-2H3,(H,19,23)/t17-/m1/s1. The quantitative estimate of drug-likeness (QED) is 0.800. The summed E-state index contributed by atoms with van der Waals surface area (Å²) in [4.78, 5) is 12.3. The molecule has 2 aliphatic carbocycles. The Bertz CT molecular complexity index is 642. The smallest absolute Gasteiger partial charge is 0.231 e.